The van der Waals surface area contributed by atoms with Crippen LogP contribution >= 0.6 is 11.6 Å². The van der Waals surface area contributed by atoms with E-state index in [1.807, 2.05) is 0 Å². The molecule has 6 N–H and O–H groups in total. The molecule has 0 bridgehead atoms. The number of nitrogens with zero attached hydrogens (tertiary/aromatic N) is 1. The van der Waals surface area contributed by atoms with Crippen molar-refractivity contribution in [2.24, 2.45) is 0 Å². The molecule has 2 aromatic heterocycles. The van der Waals surface area contributed by atoms with Crippen LogP contribution in [0.4, 0.5) is 5.82 Å². The number of rotatable bonds is 6. The van der Waals surface area contributed by atoms with Gasteiger partial charge in [-0.05, 0) is 12.1 Å². The smallest absolute Gasteiger partial charge is 0.352 e. The van der Waals surface area contributed by atoms with Crippen LogP contribution in [0.25, 0.3) is 11.1 Å². The standard InChI is InChI=1S/C13H10B4ClN3O5/c14-12(15,25)11(24,13(16,17)26)21-9-2-6(7(18)4-20-9)5-1-8(10(22)23)19-3-5/h1-4,19,24-26H,(H,20,21)(H,22,23). The number of carbonyl (C=O) groups is 1. The Bertz CT molecular complexity index is 820. The Balaban J connectivity index is 2.47. The van der Waals surface area contributed by atoms with Gasteiger partial charge in [0.1, 0.15) is 42.9 Å². The molecule has 0 aliphatic heterocycles. The van der Waals surface area contributed by atoms with Crippen molar-refractivity contribution in [2.45, 2.75) is 16.5 Å². The summed E-state index contributed by atoms with van der Waals surface area (Å²) in [6.07, 6.45) is 2.54. The van der Waals surface area contributed by atoms with Gasteiger partial charge in [-0.1, -0.05) is 11.6 Å². The number of aliphatic hydroxyl groups is 3. The monoisotopic (exact) mass is 367 g/mol. The van der Waals surface area contributed by atoms with Gasteiger partial charge in [0.2, 0.25) is 0 Å². The third kappa shape index (κ3) is 3.78. The van der Waals surface area contributed by atoms with Crippen LogP contribution in [0.5, 0.6) is 0 Å². The summed E-state index contributed by atoms with van der Waals surface area (Å²) in [4.78, 5) is 17.4. The Morgan fingerprint density at radius 2 is 1.73 bits per heavy atom. The second-order valence-electron chi connectivity index (χ2n) is 5.64. The van der Waals surface area contributed by atoms with Crippen LogP contribution in [0.3, 0.4) is 0 Å². The predicted molar refractivity (Wildman–Crippen MR) is 97.5 cm³/mol. The molecule has 0 saturated heterocycles. The maximum atomic E-state index is 11.0. The first-order valence-corrected chi connectivity index (χ1v) is 7.32. The molecule has 0 amide bonds. The number of aromatic amines is 1. The third-order valence-corrected chi connectivity index (χ3v) is 3.85. The molecule has 8 nitrogen and oxygen atoms in total. The maximum Gasteiger partial charge on any atom is 0.352 e. The van der Waals surface area contributed by atoms with E-state index in [1.165, 1.54) is 18.3 Å². The summed E-state index contributed by atoms with van der Waals surface area (Å²) in [6, 6.07) is 2.57. The van der Waals surface area contributed by atoms with Crippen molar-refractivity contribution >= 4 is 54.8 Å². The lowest BCUT2D eigenvalue weighted by Crippen LogP contribution is -2.73. The first-order valence-electron chi connectivity index (χ1n) is 6.94. The highest BCUT2D eigenvalue weighted by molar-refractivity contribution is 6.45. The lowest BCUT2D eigenvalue weighted by atomic mass is 9.46. The highest BCUT2D eigenvalue weighted by Crippen LogP contribution is 2.33. The third-order valence-electron chi connectivity index (χ3n) is 3.55. The molecule has 0 spiro atoms. The van der Waals surface area contributed by atoms with Gasteiger partial charge in [-0.25, -0.2) is 9.78 Å². The molecule has 0 unspecified atom stereocenters. The largest absolute Gasteiger partial charge is 0.477 e. The quantitative estimate of drug-likeness (QED) is 0.270. The summed E-state index contributed by atoms with van der Waals surface area (Å²) >= 11 is 6.06. The fraction of sp³-hybridized carbons (Fsp3) is 0.231. The van der Waals surface area contributed by atoms with E-state index in [1.54, 1.807) is 0 Å². The predicted octanol–water partition coefficient (Wildman–Crippen LogP) is -1.51. The Hall–Kier alpha value is -1.87. The van der Waals surface area contributed by atoms with Gasteiger partial charge < -0.3 is 30.7 Å². The number of carboxylic acids is 1. The number of aromatic nitrogens is 2. The zero-order valence-corrected chi connectivity index (χ0v) is 13.9. The molecule has 2 aromatic rings. The Labute approximate surface area is 158 Å². The number of nitrogens with one attached hydrogen (secondary N) is 2. The number of pyridine rings is 1. The van der Waals surface area contributed by atoms with E-state index in [2.05, 4.69) is 15.3 Å². The van der Waals surface area contributed by atoms with Crippen LogP contribution in [-0.4, -0.2) is 84.3 Å². The van der Waals surface area contributed by atoms with Crippen LogP contribution < -0.4 is 5.32 Å². The van der Waals surface area contributed by atoms with Crippen molar-refractivity contribution in [1.82, 2.24) is 9.97 Å². The van der Waals surface area contributed by atoms with Gasteiger partial charge in [-0.15, -0.1) is 0 Å². The number of anilines is 1. The van der Waals surface area contributed by atoms with E-state index >= 15 is 0 Å². The lowest BCUT2D eigenvalue weighted by molar-refractivity contribution is -0.105. The second-order valence-corrected chi connectivity index (χ2v) is 6.05. The van der Waals surface area contributed by atoms with Crippen LogP contribution in [0.2, 0.25) is 5.02 Å². The van der Waals surface area contributed by atoms with E-state index in [0.717, 1.165) is 6.20 Å². The van der Waals surface area contributed by atoms with Crippen molar-refractivity contribution in [3.05, 3.63) is 35.2 Å². The molecule has 26 heavy (non-hydrogen) atoms. The van der Waals surface area contributed by atoms with Crippen molar-refractivity contribution in [1.29, 1.82) is 0 Å². The average molecular weight is 367 g/mol. The second kappa shape index (κ2) is 6.70. The average Bonchev–Trinajstić information content (AvgIpc) is 2.96. The summed E-state index contributed by atoms with van der Waals surface area (Å²) in [6.45, 7) is 0. The minimum Gasteiger partial charge on any atom is -0.477 e. The van der Waals surface area contributed by atoms with E-state index in [9.17, 15) is 20.1 Å². The SMILES string of the molecule is [B]C([B])(O)C(O)(Nc1cc(-c2c[nH]c(C(=O)O)c2)c(Cl)cn1)C([B])([B])O. The van der Waals surface area contributed by atoms with Crippen LogP contribution in [0.15, 0.2) is 24.5 Å². The molecule has 0 fully saturated rings. The molecule has 13 heteroatoms. The van der Waals surface area contributed by atoms with Gasteiger partial charge in [0.25, 0.3) is 0 Å². The Kier molecular flexibility index (Phi) is 5.26. The molecular weight excluding hydrogens is 357 g/mol. The number of halogens is 1. The Morgan fingerprint density at radius 3 is 2.19 bits per heavy atom. The molecule has 2 heterocycles. The van der Waals surface area contributed by atoms with Gasteiger partial charge in [-0.2, -0.15) is 0 Å². The molecule has 2 rings (SSSR count). The number of aromatic carboxylic acids is 1. The highest BCUT2D eigenvalue weighted by Gasteiger charge is 2.51. The van der Waals surface area contributed by atoms with Crippen molar-refractivity contribution in [2.75, 3.05) is 5.32 Å². The number of carboxylic acid groups (broad SMARTS) is 1. The first-order chi connectivity index (χ1) is 11.8. The number of H-pyrrole nitrogens is 1. The molecule has 0 saturated carbocycles. The van der Waals surface area contributed by atoms with Crippen molar-refractivity contribution in [3.8, 4) is 11.1 Å². The molecule has 126 valence electrons. The zero-order valence-electron chi connectivity index (χ0n) is 13.1. The van der Waals surface area contributed by atoms with Crippen molar-refractivity contribution in [3.63, 3.8) is 0 Å². The number of hydrogen-bond acceptors (Lipinski definition) is 6. The molecule has 0 aromatic carbocycles. The van der Waals surface area contributed by atoms with Gasteiger partial charge >= 0.3 is 5.97 Å². The van der Waals surface area contributed by atoms with Gasteiger partial charge in [0, 0.05) is 34.3 Å². The van der Waals surface area contributed by atoms with E-state index in [-0.39, 0.29) is 16.5 Å². The topological polar surface area (TPSA) is 139 Å². The number of hydrogen-bond donors (Lipinski definition) is 6. The van der Waals surface area contributed by atoms with E-state index in [0.29, 0.717) is 11.1 Å². The van der Waals surface area contributed by atoms with Crippen LogP contribution in [0, 0.1) is 0 Å². The summed E-state index contributed by atoms with van der Waals surface area (Å²) in [5, 5.41) is 35.2. The normalized spacial score (nSPS) is 12.8. The summed E-state index contributed by atoms with van der Waals surface area (Å²) in [7, 11) is 21.0. The van der Waals surface area contributed by atoms with Gasteiger partial charge in [0.15, 0.2) is 5.72 Å². The van der Waals surface area contributed by atoms with Gasteiger partial charge in [-0.3, -0.25) is 0 Å². The lowest BCUT2D eigenvalue weighted by Gasteiger charge is -2.49. The van der Waals surface area contributed by atoms with E-state index in [4.69, 9.17) is 48.1 Å². The minimum atomic E-state index is -3.03. The van der Waals surface area contributed by atoms with Crippen molar-refractivity contribution < 1.29 is 25.2 Å². The van der Waals surface area contributed by atoms with E-state index < -0.39 is 22.5 Å². The van der Waals surface area contributed by atoms with Gasteiger partial charge in [0.05, 0.1) is 5.02 Å². The molecule has 8 radical (unpaired) electrons. The summed E-state index contributed by atoms with van der Waals surface area (Å²) in [5.41, 5.74) is -2.43. The van der Waals surface area contributed by atoms with Crippen LogP contribution in [-0.2, 0) is 0 Å². The molecule has 0 aliphatic rings. The Morgan fingerprint density at radius 1 is 1.15 bits per heavy atom. The zero-order chi connectivity index (χ0) is 19.9. The highest BCUT2D eigenvalue weighted by atomic mass is 35.5. The maximum absolute atomic E-state index is 11.0. The molecule has 0 aliphatic carbocycles. The van der Waals surface area contributed by atoms with Crippen LogP contribution in [0.1, 0.15) is 10.5 Å². The molecule has 0 atom stereocenters. The minimum absolute atomic E-state index is 0.0875. The summed E-state index contributed by atoms with van der Waals surface area (Å²) in [5.74, 6) is -1.37. The first kappa shape index (κ1) is 20.4. The fourth-order valence-electron chi connectivity index (χ4n) is 2.11. The summed E-state index contributed by atoms with van der Waals surface area (Å²) < 4.78 is 0. The fourth-order valence-corrected chi connectivity index (χ4v) is 2.32. The molecular formula is C13H10B4ClN3O5.